The Balaban J connectivity index is 2.47. The van der Waals surface area contributed by atoms with Crippen molar-refractivity contribution in [2.45, 2.75) is 13.0 Å². The lowest BCUT2D eigenvalue weighted by atomic mass is 9.97. The van der Waals surface area contributed by atoms with Crippen LogP contribution in [0, 0.1) is 18.6 Å². The Labute approximate surface area is 98.3 Å². The minimum atomic E-state index is -1.15. The van der Waals surface area contributed by atoms with Crippen LogP contribution < -0.4 is 0 Å². The number of aryl methyl sites for hydroxylation is 1. The van der Waals surface area contributed by atoms with E-state index >= 15 is 0 Å². The maximum atomic E-state index is 13.5. The zero-order valence-electron chi connectivity index (χ0n) is 9.32. The average molecular weight is 234 g/mol. The molecular formula is C14H12F2O. The van der Waals surface area contributed by atoms with Crippen LogP contribution in [0.3, 0.4) is 0 Å². The van der Waals surface area contributed by atoms with Crippen molar-refractivity contribution in [3.05, 3.63) is 70.8 Å². The van der Waals surface area contributed by atoms with E-state index in [4.69, 9.17) is 0 Å². The highest BCUT2D eigenvalue weighted by Gasteiger charge is 2.16. The highest BCUT2D eigenvalue weighted by molar-refractivity contribution is 5.36. The van der Waals surface area contributed by atoms with Crippen LogP contribution in [0.5, 0.6) is 0 Å². The van der Waals surface area contributed by atoms with Crippen LogP contribution in [-0.4, -0.2) is 5.11 Å². The third-order valence-electron chi connectivity index (χ3n) is 2.74. The normalized spacial score (nSPS) is 12.5. The molecule has 0 bridgehead atoms. The monoisotopic (exact) mass is 234 g/mol. The topological polar surface area (TPSA) is 20.2 Å². The summed E-state index contributed by atoms with van der Waals surface area (Å²) >= 11 is 0. The van der Waals surface area contributed by atoms with Crippen molar-refractivity contribution in [2.75, 3.05) is 0 Å². The van der Waals surface area contributed by atoms with E-state index in [0.29, 0.717) is 5.56 Å². The molecule has 2 rings (SSSR count). The Morgan fingerprint density at radius 3 is 2.41 bits per heavy atom. The third-order valence-corrected chi connectivity index (χ3v) is 2.74. The van der Waals surface area contributed by atoms with E-state index in [0.717, 1.165) is 5.56 Å². The van der Waals surface area contributed by atoms with Gasteiger partial charge < -0.3 is 5.11 Å². The highest BCUT2D eigenvalue weighted by atomic mass is 19.1. The van der Waals surface area contributed by atoms with E-state index in [-0.39, 0.29) is 5.56 Å². The third kappa shape index (κ3) is 2.34. The van der Waals surface area contributed by atoms with Gasteiger partial charge in [0.05, 0.1) is 0 Å². The zero-order chi connectivity index (χ0) is 12.4. The highest BCUT2D eigenvalue weighted by Crippen LogP contribution is 2.27. The lowest BCUT2D eigenvalue weighted by Crippen LogP contribution is -2.04. The van der Waals surface area contributed by atoms with E-state index in [2.05, 4.69) is 0 Å². The molecule has 0 saturated carbocycles. The molecule has 1 unspecified atom stereocenters. The SMILES string of the molecule is Cc1ccc(F)cc1C(O)c1ccccc1F. The first kappa shape index (κ1) is 11.7. The summed E-state index contributed by atoms with van der Waals surface area (Å²) in [6.45, 7) is 1.75. The Morgan fingerprint density at radius 2 is 1.71 bits per heavy atom. The molecule has 0 radical (unpaired) electrons. The van der Waals surface area contributed by atoms with E-state index in [1.54, 1.807) is 25.1 Å². The van der Waals surface area contributed by atoms with Crippen LogP contribution >= 0.6 is 0 Å². The number of rotatable bonds is 2. The lowest BCUT2D eigenvalue weighted by Gasteiger charge is -2.14. The predicted octanol–water partition coefficient (Wildman–Crippen LogP) is 3.35. The quantitative estimate of drug-likeness (QED) is 0.844. The molecule has 0 aliphatic heterocycles. The molecule has 0 saturated heterocycles. The van der Waals surface area contributed by atoms with Crippen LogP contribution in [0.4, 0.5) is 8.78 Å². The molecule has 0 spiro atoms. The lowest BCUT2D eigenvalue weighted by molar-refractivity contribution is 0.213. The Bertz CT molecular complexity index is 537. The number of benzene rings is 2. The first-order valence-corrected chi connectivity index (χ1v) is 5.28. The number of hydrogen-bond donors (Lipinski definition) is 1. The summed E-state index contributed by atoms with van der Waals surface area (Å²) in [5.74, 6) is -0.940. The maximum Gasteiger partial charge on any atom is 0.129 e. The van der Waals surface area contributed by atoms with Crippen LogP contribution in [0.25, 0.3) is 0 Å². The minimum Gasteiger partial charge on any atom is -0.384 e. The van der Waals surface area contributed by atoms with Gasteiger partial charge in [-0.1, -0.05) is 24.3 Å². The molecule has 0 aliphatic carbocycles. The van der Waals surface area contributed by atoms with Gasteiger partial charge in [-0.05, 0) is 36.2 Å². The summed E-state index contributed by atoms with van der Waals surface area (Å²) in [5, 5.41) is 10.1. The van der Waals surface area contributed by atoms with E-state index in [1.165, 1.54) is 24.3 Å². The molecule has 17 heavy (non-hydrogen) atoms. The van der Waals surface area contributed by atoms with Gasteiger partial charge in [0.15, 0.2) is 0 Å². The fraction of sp³-hybridized carbons (Fsp3) is 0.143. The number of hydrogen-bond acceptors (Lipinski definition) is 1. The van der Waals surface area contributed by atoms with Crippen LogP contribution in [-0.2, 0) is 0 Å². The van der Waals surface area contributed by atoms with Crippen LogP contribution in [0.2, 0.25) is 0 Å². The molecular weight excluding hydrogens is 222 g/mol. The number of halogens is 2. The van der Waals surface area contributed by atoms with Crippen LogP contribution in [0.15, 0.2) is 42.5 Å². The molecule has 0 amide bonds. The molecule has 88 valence electrons. The predicted molar refractivity (Wildman–Crippen MR) is 61.6 cm³/mol. The molecule has 3 heteroatoms. The van der Waals surface area contributed by atoms with Gasteiger partial charge in [-0.15, -0.1) is 0 Å². The van der Waals surface area contributed by atoms with Crippen molar-refractivity contribution in [2.24, 2.45) is 0 Å². The molecule has 1 N–H and O–H groups in total. The van der Waals surface area contributed by atoms with E-state index in [9.17, 15) is 13.9 Å². The van der Waals surface area contributed by atoms with E-state index < -0.39 is 17.7 Å². The second-order valence-electron chi connectivity index (χ2n) is 3.92. The van der Waals surface area contributed by atoms with Crippen LogP contribution in [0.1, 0.15) is 22.8 Å². The fourth-order valence-electron chi connectivity index (χ4n) is 1.77. The molecule has 2 aromatic rings. The fourth-order valence-corrected chi connectivity index (χ4v) is 1.77. The van der Waals surface area contributed by atoms with Crippen molar-refractivity contribution in [3.63, 3.8) is 0 Å². The molecule has 0 aromatic heterocycles. The molecule has 2 aromatic carbocycles. The average Bonchev–Trinajstić information content (AvgIpc) is 2.32. The van der Waals surface area contributed by atoms with Gasteiger partial charge in [-0.3, -0.25) is 0 Å². The van der Waals surface area contributed by atoms with Crippen molar-refractivity contribution in [3.8, 4) is 0 Å². The molecule has 0 heterocycles. The smallest absolute Gasteiger partial charge is 0.129 e. The molecule has 1 nitrogen and oxygen atoms in total. The first-order chi connectivity index (χ1) is 8.09. The summed E-state index contributed by atoms with van der Waals surface area (Å²) in [6.07, 6.45) is -1.15. The molecule has 1 atom stereocenters. The Hall–Kier alpha value is -1.74. The Kier molecular flexibility index (Phi) is 3.20. The number of aliphatic hydroxyl groups excluding tert-OH is 1. The number of aliphatic hydroxyl groups is 1. The molecule has 0 aliphatic rings. The summed E-state index contributed by atoms with van der Waals surface area (Å²) in [5.41, 5.74) is 1.26. The van der Waals surface area contributed by atoms with Crippen molar-refractivity contribution in [1.82, 2.24) is 0 Å². The van der Waals surface area contributed by atoms with Crippen molar-refractivity contribution < 1.29 is 13.9 Å². The first-order valence-electron chi connectivity index (χ1n) is 5.28. The zero-order valence-corrected chi connectivity index (χ0v) is 9.32. The van der Waals surface area contributed by atoms with E-state index in [1.807, 2.05) is 0 Å². The Morgan fingerprint density at radius 1 is 1.00 bits per heavy atom. The summed E-state index contributed by atoms with van der Waals surface area (Å²) in [4.78, 5) is 0. The van der Waals surface area contributed by atoms with Gasteiger partial charge in [-0.2, -0.15) is 0 Å². The van der Waals surface area contributed by atoms with Gasteiger partial charge in [0, 0.05) is 5.56 Å². The second kappa shape index (κ2) is 4.63. The van der Waals surface area contributed by atoms with Gasteiger partial charge in [0.2, 0.25) is 0 Å². The maximum absolute atomic E-state index is 13.5. The second-order valence-corrected chi connectivity index (χ2v) is 3.92. The summed E-state index contributed by atoms with van der Waals surface area (Å²) in [7, 11) is 0. The van der Waals surface area contributed by atoms with Crippen molar-refractivity contribution >= 4 is 0 Å². The van der Waals surface area contributed by atoms with Gasteiger partial charge in [0.25, 0.3) is 0 Å². The minimum absolute atomic E-state index is 0.154. The van der Waals surface area contributed by atoms with Gasteiger partial charge in [0.1, 0.15) is 17.7 Å². The van der Waals surface area contributed by atoms with Crippen molar-refractivity contribution in [1.29, 1.82) is 0 Å². The molecule has 0 fully saturated rings. The summed E-state index contributed by atoms with van der Waals surface area (Å²) in [6, 6.07) is 10.0. The van der Waals surface area contributed by atoms with Gasteiger partial charge in [-0.25, -0.2) is 8.78 Å². The van der Waals surface area contributed by atoms with Gasteiger partial charge >= 0.3 is 0 Å². The largest absolute Gasteiger partial charge is 0.384 e. The summed E-state index contributed by atoms with van der Waals surface area (Å²) < 4.78 is 26.6. The standard InChI is InChI=1S/C14H12F2O/c1-9-6-7-10(15)8-12(9)14(17)11-4-2-3-5-13(11)16/h2-8,14,17H,1H3.